The predicted molar refractivity (Wildman–Crippen MR) is 95.7 cm³/mol. The van der Waals surface area contributed by atoms with Crippen LogP contribution in [0.2, 0.25) is 0 Å². The molecule has 1 aromatic heterocycles. The molecule has 0 bridgehead atoms. The third-order valence-electron chi connectivity index (χ3n) is 3.39. The van der Waals surface area contributed by atoms with Gasteiger partial charge < -0.3 is 5.32 Å². The van der Waals surface area contributed by atoms with Crippen LogP contribution in [0.1, 0.15) is 21.6 Å². The van der Waals surface area contributed by atoms with E-state index >= 15 is 0 Å². The molecule has 0 radical (unpaired) electrons. The Morgan fingerprint density at radius 1 is 1.17 bits per heavy atom. The molecule has 3 aromatic rings. The average Bonchev–Trinajstić information content (AvgIpc) is 3.13. The monoisotopic (exact) mass is 358 g/mol. The number of aromatic nitrogens is 1. The second-order valence-electron chi connectivity index (χ2n) is 5.04. The van der Waals surface area contributed by atoms with E-state index in [1.165, 1.54) is 6.07 Å². The van der Waals surface area contributed by atoms with Gasteiger partial charge in [-0.15, -0.1) is 23.1 Å². The topological polar surface area (TPSA) is 42.0 Å². The largest absolute Gasteiger partial charge is 0.348 e. The lowest BCUT2D eigenvalue weighted by atomic mass is 10.2. The van der Waals surface area contributed by atoms with Gasteiger partial charge >= 0.3 is 0 Å². The number of hydrogen-bond donors (Lipinski definition) is 1. The van der Waals surface area contributed by atoms with Gasteiger partial charge in [-0.25, -0.2) is 9.37 Å². The van der Waals surface area contributed by atoms with Crippen molar-refractivity contribution < 1.29 is 9.18 Å². The summed E-state index contributed by atoms with van der Waals surface area (Å²) in [5.74, 6) is 0.185. The molecule has 0 aliphatic carbocycles. The van der Waals surface area contributed by atoms with Crippen molar-refractivity contribution in [3.8, 4) is 0 Å². The molecule has 1 heterocycles. The molecule has 0 unspecified atom stereocenters. The molecule has 0 spiro atoms. The molecule has 0 saturated carbocycles. The fraction of sp³-hybridized carbons (Fsp3) is 0.111. The Bertz CT molecular complexity index is 821. The fourth-order valence-corrected chi connectivity index (χ4v) is 3.77. The molecule has 1 N–H and O–H groups in total. The summed E-state index contributed by atoms with van der Waals surface area (Å²) in [6.07, 6.45) is 0. The maximum atomic E-state index is 13.6. The number of carbonyl (C=O) groups excluding carboxylic acids is 1. The highest BCUT2D eigenvalue weighted by Gasteiger charge is 2.12. The number of rotatable bonds is 6. The van der Waals surface area contributed by atoms with Crippen molar-refractivity contribution >= 4 is 29.0 Å². The number of hydrogen-bond acceptors (Lipinski definition) is 4. The first-order valence-corrected chi connectivity index (χ1v) is 9.27. The smallest absolute Gasteiger partial charge is 0.252 e. The van der Waals surface area contributed by atoms with E-state index in [9.17, 15) is 9.18 Å². The van der Waals surface area contributed by atoms with Crippen LogP contribution in [0, 0.1) is 5.82 Å². The van der Waals surface area contributed by atoms with E-state index < -0.39 is 0 Å². The first-order valence-electron chi connectivity index (χ1n) is 7.34. The zero-order chi connectivity index (χ0) is 16.8. The van der Waals surface area contributed by atoms with Gasteiger partial charge in [0.1, 0.15) is 5.82 Å². The van der Waals surface area contributed by atoms with Crippen LogP contribution in [-0.4, -0.2) is 10.9 Å². The summed E-state index contributed by atoms with van der Waals surface area (Å²) in [5.41, 5.74) is 3.85. The lowest BCUT2D eigenvalue weighted by Crippen LogP contribution is -2.23. The Labute approximate surface area is 148 Å². The van der Waals surface area contributed by atoms with Crippen molar-refractivity contribution in [3.63, 3.8) is 0 Å². The number of thioether (sulfide) groups is 1. The summed E-state index contributed by atoms with van der Waals surface area (Å²) >= 11 is 3.12. The molecular formula is C18H15FN2OS2. The number of carbonyl (C=O) groups is 1. The van der Waals surface area contributed by atoms with Crippen LogP contribution in [0.4, 0.5) is 4.39 Å². The van der Waals surface area contributed by atoms with E-state index in [4.69, 9.17) is 0 Å². The Morgan fingerprint density at radius 3 is 2.75 bits per heavy atom. The maximum Gasteiger partial charge on any atom is 0.252 e. The van der Waals surface area contributed by atoms with Gasteiger partial charge in [0.25, 0.3) is 5.91 Å². The van der Waals surface area contributed by atoms with E-state index in [1.54, 1.807) is 52.9 Å². The van der Waals surface area contributed by atoms with Gasteiger partial charge in [0.2, 0.25) is 0 Å². The molecule has 0 saturated heterocycles. The van der Waals surface area contributed by atoms with Gasteiger partial charge in [-0.3, -0.25) is 4.79 Å². The van der Waals surface area contributed by atoms with E-state index in [0.717, 1.165) is 10.6 Å². The van der Waals surface area contributed by atoms with Gasteiger partial charge in [-0.05, 0) is 18.2 Å². The molecule has 1 amide bonds. The van der Waals surface area contributed by atoms with E-state index in [-0.39, 0.29) is 18.3 Å². The first kappa shape index (κ1) is 16.7. The van der Waals surface area contributed by atoms with Crippen LogP contribution < -0.4 is 5.32 Å². The van der Waals surface area contributed by atoms with Gasteiger partial charge in [0.15, 0.2) is 0 Å². The number of nitrogens with zero attached hydrogens (tertiary/aromatic N) is 1. The summed E-state index contributed by atoms with van der Waals surface area (Å²) in [4.78, 5) is 17.6. The minimum atomic E-state index is -0.316. The second-order valence-corrected chi connectivity index (χ2v) is 6.77. The standard InChI is InChI=1S/C18H15FN2OS2/c19-16-7-3-1-5-13(16)9-20-18(22)15-6-2-4-8-17(15)24-11-14-10-23-12-21-14/h1-8,10,12H,9,11H2,(H,20,22). The molecule has 0 aliphatic rings. The Morgan fingerprint density at radius 2 is 1.96 bits per heavy atom. The molecule has 0 atom stereocenters. The minimum Gasteiger partial charge on any atom is -0.348 e. The van der Waals surface area contributed by atoms with Crippen molar-refractivity contribution in [3.05, 3.63) is 82.1 Å². The predicted octanol–water partition coefficient (Wildman–Crippen LogP) is 4.50. The van der Waals surface area contributed by atoms with E-state index in [2.05, 4.69) is 10.3 Å². The van der Waals surface area contributed by atoms with Crippen LogP contribution in [0.15, 0.2) is 64.3 Å². The Balaban J connectivity index is 1.67. The normalized spacial score (nSPS) is 10.5. The highest BCUT2D eigenvalue weighted by Crippen LogP contribution is 2.26. The molecule has 6 heteroatoms. The zero-order valence-electron chi connectivity index (χ0n) is 12.7. The summed E-state index contributed by atoms with van der Waals surface area (Å²) in [5, 5.41) is 4.78. The lowest BCUT2D eigenvalue weighted by molar-refractivity contribution is 0.0947. The number of amides is 1. The van der Waals surface area contributed by atoms with Crippen molar-refractivity contribution in [2.24, 2.45) is 0 Å². The zero-order valence-corrected chi connectivity index (χ0v) is 14.4. The number of halogens is 1. The van der Waals surface area contributed by atoms with Crippen molar-refractivity contribution in [1.29, 1.82) is 0 Å². The molecular weight excluding hydrogens is 343 g/mol. The average molecular weight is 358 g/mol. The SMILES string of the molecule is O=C(NCc1ccccc1F)c1ccccc1SCc1cscn1. The quantitative estimate of drug-likeness (QED) is 0.660. The fourth-order valence-electron chi connectivity index (χ4n) is 2.15. The number of nitrogens with one attached hydrogen (secondary N) is 1. The molecule has 0 aliphatic heterocycles. The highest BCUT2D eigenvalue weighted by atomic mass is 32.2. The summed E-state index contributed by atoms with van der Waals surface area (Å²) in [7, 11) is 0. The molecule has 3 nitrogen and oxygen atoms in total. The third kappa shape index (κ3) is 4.21. The summed E-state index contributed by atoms with van der Waals surface area (Å²) in [6.45, 7) is 0.163. The molecule has 3 rings (SSSR count). The van der Waals surface area contributed by atoms with Gasteiger partial charge in [-0.1, -0.05) is 30.3 Å². The molecule has 2 aromatic carbocycles. The van der Waals surface area contributed by atoms with E-state index in [1.807, 2.05) is 23.6 Å². The maximum absolute atomic E-state index is 13.6. The first-order chi connectivity index (χ1) is 11.7. The minimum absolute atomic E-state index is 0.163. The number of benzene rings is 2. The van der Waals surface area contributed by atoms with Crippen LogP contribution in [0.25, 0.3) is 0 Å². The third-order valence-corrected chi connectivity index (χ3v) is 5.13. The molecule has 0 fully saturated rings. The van der Waals surface area contributed by atoms with Crippen LogP contribution in [-0.2, 0) is 12.3 Å². The van der Waals surface area contributed by atoms with Crippen LogP contribution in [0.3, 0.4) is 0 Å². The van der Waals surface area contributed by atoms with Crippen molar-refractivity contribution in [1.82, 2.24) is 10.3 Å². The van der Waals surface area contributed by atoms with Crippen molar-refractivity contribution in [2.45, 2.75) is 17.2 Å². The van der Waals surface area contributed by atoms with Crippen LogP contribution >= 0.6 is 23.1 Å². The Hall–Kier alpha value is -2.18. The highest BCUT2D eigenvalue weighted by molar-refractivity contribution is 7.98. The summed E-state index contributed by atoms with van der Waals surface area (Å²) in [6, 6.07) is 13.8. The van der Waals surface area contributed by atoms with Gasteiger partial charge in [0.05, 0.1) is 16.8 Å². The van der Waals surface area contributed by atoms with Gasteiger partial charge in [0, 0.05) is 28.1 Å². The van der Waals surface area contributed by atoms with Gasteiger partial charge in [-0.2, -0.15) is 0 Å². The van der Waals surface area contributed by atoms with Crippen molar-refractivity contribution in [2.75, 3.05) is 0 Å². The van der Waals surface area contributed by atoms with Crippen LogP contribution in [0.5, 0.6) is 0 Å². The Kier molecular flexibility index (Phi) is 5.61. The summed E-state index contributed by atoms with van der Waals surface area (Å²) < 4.78 is 13.6. The molecule has 24 heavy (non-hydrogen) atoms. The second kappa shape index (κ2) is 8.08. The molecule has 122 valence electrons. The number of thiazole rings is 1. The lowest BCUT2D eigenvalue weighted by Gasteiger charge is -2.10. The van der Waals surface area contributed by atoms with E-state index in [0.29, 0.717) is 16.9 Å².